The molecule has 5 nitrogen and oxygen atoms in total. The predicted molar refractivity (Wildman–Crippen MR) is 82.6 cm³/mol. The topological polar surface area (TPSA) is 59.5 Å². The SMILES string of the molecule is Cc1noc(C)c1C(=O)N(Cc1ccco1)Cc1cccs1. The Bertz CT molecular complexity index is 689. The molecule has 0 spiro atoms. The molecule has 3 rings (SSSR count). The maximum Gasteiger partial charge on any atom is 0.260 e. The van der Waals surface area contributed by atoms with Crippen LogP contribution in [0.4, 0.5) is 0 Å². The number of furan rings is 1. The van der Waals surface area contributed by atoms with E-state index in [9.17, 15) is 4.79 Å². The summed E-state index contributed by atoms with van der Waals surface area (Å²) in [5, 5.41) is 5.87. The summed E-state index contributed by atoms with van der Waals surface area (Å²) in [6.45, 7) is 4.47. The van der Waals surface area contributed by atoms with Gasteiger partial charge in [0.05, 0.1) is 25.0 Å². The first-order chi connectivity index (χ1) is 10.6. The fraction of sp³-hybridized carbons (Fsp3) is 0.250. The summed E-state index contributed by atoms with van der Waals surface area (Å²) in [4.78, 5) is 15.8. The zero-order chi connectivity index (χ0) is 15.5. The van der Waals surface area contributed by atoms with Crippen LogP contribution in [0.2, 0.25) is 0 Å². The lowest BCUT2D eigenvalue weighted by molar-refractivity contribution is 0.0717. The maximum atomic E-state index is 12.9. The highest BCUT2D eigenvalue weighted by molar-refractivity contribution is 7.09. The molecule has 0 saturated carbocycles. The van der Waals surface area contributed by atoms with Gasteiger partial charge in [0.1, 0.15) is 17.1 Å². The molecule has 0 fully saturated rings. The van der Waals surface area contributed by atoms with Crippen LogP contribution < -0.4 is 0 Å². The van der Waals surface area contributed by atoms with Gasteiger partial charge in [0, 0.05) is 4.88 Å². The van der Waals surface area contributed by atoms with Crippen molar-refractivity contribution in [2.75, 3.05) is 0 Å². The molecule has 0 bridgehead atoms. The first kappa shape index (κ1) is 14.6. The summed E-state index contributed by atoms with van der Waals surface area (Å²) < 4.78 is 10.5. The Morgan fingerprint density at radius 3 is 2.73 bits per heavy atom. The lowest BCUT2D eigenvalue weighted by Crippen LogP contribution is -2.30. The molecule has 0 aliphatic rings. The summed E-state index contributed by atoms with van der Waals surface area (Å²) in [6, 6.07) is 7.67. The molecule has 0 aliphatic heterocycles. The number of carbonyl (C=O) groups excluding carboxylic acids is 1. The van der Waals surface area contributed by atoms with Crippen LogP contribution >= 0.6 is 11.3 Å². The minimum Gasteiger partial charge on any atom is -0.467 e. The van der Waals surface area contributed by atoms with Gasteiger partial charge in [0.2, 0.25) is 0 Å². The van der Waals surface area contributed by atoms with Crippen LogP contribution in [0, 0.1) is 13.8 Å². The highest BCUT2D eigenvalue weighted by Gasteiger charge is 2.24. The van der Waals surface area contributed by atoms with Crippen molar-refractivity contribution in [3.63, 3.8) is 0 Å². The average Bonchev–Trinajstić information content (AvgIpc) is 3.22. The van der Waals surface area contributed by atoms with Gasteiger partial charge in [0.25, 0.3) is 5.91 Å². The van der Waals surface area contributed by atoms with E-state index < -0.39 is 0 Å². The van der Waals surface area contributed by atoms with Crippen LogP contribution in [-0.2, 0) is 13.1 Å². The van der Waals surface area contributed by atoms with Crippen molar-refractivity contribution in [2.24, 2.45) is 0 Å². The van der Waals surface area contributed by atoms with Gasteiger partial charge in [-0.2, -0.15) is 0 Å². The second-order valence-electron chi connectivity index (χ2n) is 5.02. The van der Waals surface area contributed by atoms with Crippen LogP contribution in [-0.4, -0.2) is 16.0 Å². The van der Waals surface area contributed by atoms with Gasteiger partial charge >= 0.3 is 0 Å². The zero-order valence-electron chi connectivity index (χ0n) is 12.4. The third kappa shape index (κ3) is 2.96. The molecule has 0 radical (unpaired) electrons. The minimum atomic E-state index is -0.0962. The Labute approximate surface area is 132 Å². The zero-order valence-corrected chi connectivity index (χ0v) is 13.2. The molecule has 1 amide bonds. The number of rotatable bonds is 5. The first-order valence-electron chi connectivity index (χ1n) is 6.92. The van der Waals surface area contributed by atoms with E-state index in [1.807, 2.05) is 29.6 Å². The largest absolute Gasteiger partial charge is 0.467 e. The van der Waals surface area contributed by atoms with Crippen molar-refractivity contribution in [1.29, 1.82) is 0 Å². The van der Waals surface area contributed by atoms with E-state index in [2.05, 4.69) is 5.16 Å². The molecule has 0 unspecified atom stereocenters. The smallest absolute Gasteiger partial charge is 0.260 e. The lowest BCUT2D eigenvalue weighted by Gasteiger charge is -2.21. The number of hydrogen-bond acceptors (Lipinski definition) is 5. The third-order valence-corrected chi connectivity index (χ3v) is 4.25. The number of carbonyl (C=O) groups is 1. The summed E-state index contributed by atoms with van der Waals surface area (Å²) in [7, 11) is 0. The van der Waals surface area contributed by atoms with Gasteiger partial charge in [-0.15, -0.1) is 11.3 Å². The van der Waals surface area contributed by atoms with E-state index in [0.717, 1.165) is 10.6 Å². The molecule has 6 heteroatoms. The van der Waals surface area contributed by atoms with Crippen molar-refractivity contribution in [3.8, 4) is 0 Å². The Balaban J connectivity index is 1.88. The molecule has 0 aliphatic carbocycles. The number of amides is 1. The van der Waals surface area contributed by atoms with Crippen molar-refractivity contribution in [3.05, 3.63) is 63.6 Å². The van der Waals surface area contributed by atoms with E-state index in [0.29, 0.717) is 30.1 Å². The number of aromatic nitrogens is 1. The molecule has 114 valence electrons. The van der Waals surface area contributed by atoms with E-state index in [4.69, 9.17) is 8.94 Å². The summed E-state index contributed by atoms with van der Waals surface area (Å²) in [5.41, 5.74) is 1.14. The van der Waals surface area contributed by atoms with Crippen molar-refractivity contribution < 1.29 is 13.7 Å². The quantitative estimate of drug-likeness (QED) is 0.718. The van der Waals surface area contributed by atoms with Gasteiger partial charge in [-0.1, -0.05) is 11.2 Å². The van der Waals surface area contributed by atoms with Crippen LogP contribution in [0.1, 0.15) is 32.4 Å². The van der Waals surface area contributed by atoms with Crippen molar-refractivity contribution in [1.82, 2.24) is 10.1 Å². The number of nitrogens with zero attached hydrogens (tertiary/aromatic N) is 2. The molecule has 22 heavy (non-hydrogen) atoms. The van der Waals surface area contributed by atoms with E-state index in [1.54, 1.807) is 36.3 Å². The Kier molecular flexibility index (Phi) is 4.11. The van der Waals surface area contributed by atoms with E-state index in [-0.39, 0.29) is 5.91 Å². The minimum absolute atomic E-state index is 0.0962. The van der Waals surface area contributed by atoms with Crippen LogP contribution in [0.15, 0.2) is 44.8 Å². The third-order valence-electron chi connectivity index (χ3n) is 3.39. The monoisotopic (exact) mass is 316 g/mol. The molecule has 3 aromatic heterocycles. The van der Waals surface area contributed by atoms with Crippen LogP contribution in [0.5, 0.6) is 0 Å². The Morgan fingerprint density at radius 1 is 1.27 bits per heavy atom. The van der Waals surface area contributed by atoms with Crippen LogP contribution in [0.3, 0.4) is 0 Å². The van der Waals surface area contributed by atoms with E-state index >= 15 is 0 Å². The summed E-state index contributed by atoms with van der Waals surface area (Å²) in [5.74, 6) is 1.19. The Hall–Kier alpha value is -2.34. The standard InChI is InChI=1S/C16H16N2O3S/c1-11-15(12(2)21-17-11)16(19)18(9-13-5-3-7-20-13)10-14-6-4-8-22-14/h3-8H,9-10H2,1-2H3. The molecule has 3 aromatic rings. The summed E-state index contributed by atoms with van der Waals surface area (Å²) >= 11 is 1.62. The average molecular weight is 316 g/mol. The fourth-order valence-electron chi connectivity index (χ4n) is 2.33. The Morgan fingerprint density at radius 2 is 2.14 bits per heavy atom. The highest BCUT2D eigenvalue weighted by atomic mass is 32.1. The van der Waals surface area contributed by atoms with E-state index in [1.165, 1.54) is 0 Å². The van der Waals surface area contributed by atoms with Crippen molar-refractivity contribution >= 4 is 17.2 Å². The molecule has 3 heterocycles. The second-order valence-corrected chi connectivity index (χ2v) is 6.05. The van der Waals surface area contributed by atoms with Gasteiger partial charge in [-0.05, 0) is 37.4 Å². The lowest BCUT2D eigenvalue weighted by atomic mass is 10.1. The molecular formula is C16H16N2O3S. The van der Waals surface area contributed by atoms with Gasteiger partial charge in [-0.25, -0.2) is 0 Å². The number of aryl methyl sites for hydroxylation is 2. The molecule has 0 atom stereocenters. The highest BCUT2D eigenvalue weighted by Crippen LogP contribution is 2.20. The number of thiophene rings is 1. The first-order valence-corrected chi connectivity index (χ1v) is 7.80. The van der Waals surface area contributed by atoms with Gasteiger partial charge < -0.3 is 13.8 Å². The molecule has 0 saturated heterocycles. The fourth-order valence-corrected chi connectivity index (χ4v) is 3.05. The maximum absolute atomic E-state index is 12.9. The summed E-state index contributed by atoms with van der Waals surface area (Å²) in [6.07, 6.45) is 1.61. The molecule has 0 aromatic carbocycles. The second kappa shape index (κ2) is 6.19. The molecular weight excluding hydrogens is 300 g/mol. The van der Waals surface area contributed by atoms with Gasteiger partial charge in [-0.3, -0.25) is 4.79 Å². The predicted octanol–water partition coefficient (Wildman–Crippen LogP) is 3.79. The van der Waals surface area contributed by atoms with Gasteiger partial charge in [0.15, 0.2) is 0 Å². The molecule has 0 N–H and O–H groups in total. The normalized spacial score (nSPS) is 10.8. The van der Waals surface area contributed by atoms with Crippen LogP contribution in [0.25, 0.3) is 0 Å². The van der Waals surface area contributed by atoms with Crippen molar-refractivity contribution in [2.45, 2.75) is 26.9 Å². The number of hydrogen-bond donors (Lipinski definition) is 0.